The molecule has 1 unspecified atom stereocenters. The van der Waals surface area contributed by atoms with Crippen LogP contribution in [0.2, 0.25) is 0 Å². The highest BCUT2D eigenvalue weighted by Crippen LogP contribution is 2.21. The largest absolute Gasteiger partial charge is 0.355 e. The third-order valence-electron chi connectivity index (χ3n) is 3.05. The zero-order chi connectivity index (χ0) is 15.1. The predicted molar refractivity (Wildman–Crippen MR) is 79.3 cm³/mol. The Labute approximate surface area is 120 Å². The van der Waals surface area contributed by atoms with Gasteiger partial charge in [0.15, 0.2) is 0 Å². The van der Waals surface area contributed by atoms with Crippen LogP contribution in [0.15, 0.2) is 24.3 Å². The van der Waals surface area contributed by atoms with Crippen molar-refractivity contribution in [3.05, 3.63) is 35.4 Å². The number of amides is 2. The van der Waals surface area contributed by atoms with Gasteiger partial charge in [0.25, 0.3) is 0 Å². The SMILES string of the molecule is CC(=O)NCCNC(=O)C(c1ccccc1C)N(C)C. The van der Waals surface area contributed by atoms with Crippen molar-refractivity contribution in [2.75, 3.05) is 27.2 Å². The molecule has 0 spiro atoms. The van der Waals surface area contributed by atoms with E-state index in [1.54, 1.807) is 0 Å². The minimum absolute atomic E-state index is 0.0605. The van der Waals surface area contributed by atoms with Gasteiger partial charge in [-0.3, -0.25) is 14.5 Å². The van der Waals surface area contributed by atoms with Gasteiger partial charge in [0.2, 0.25) is 11.8 Å². The molecule has 0 aromatic heterocycles. The number of rotatable bonds is 6. The van der Waals surface area contributed by atoms with Crippen LogP contribution in [0.25, 0.3) is 0 Å². The number of likely N-dealkylation sites (N-methyl/N-ethyl adjacent to an activating group) is 1. The second-order valence-electron chi connectivity index (χ2n) is 5.00. The molecule has 2 N–H and O–H groups in total. The van der Waals surface area contributed by atoms with Gasteiger partial charge in [-0.25, -0.2) is 0 Å². The first-order valence-electron chi connectivity index (χ1n) is 6.67. The first kappa shape index (κ1) is 16.2. The molecule has 0 heterocycles. The van der Waals surface area contributed by atoms with Crippen molar-refractivity contribution in [1.29, 1.82) is 0 Å². The second kappa shape index (κ2) is 7.65. The van der Waals surface area contributed by atoms with E-state index in [4.69, 9.17) is 0 Å². The van der Waals surface area contributed by atoms with E-state index in [9.17, 15) is 9.59 Å². The highest BCUT2D eigenvalue weighted by atomic mass is 16.2. The lowest BCUT2D eigenvalue weighted by atomic mass is 10.00. The molecule has 0 radical (unpaired) electrons. The summed E-state index contributed by atoms with van der Waals surface area (Å²) in [6.07, 6.45) is 0. The summed E-state index contributed by atoms with van der Waals surface area (Å²) in [4.78, 5) is 25.0. The Morgan fingerprint density at radius 2 is 1.75 bits per heavy atom. The first-order chi connectivity index (χ1) is 9.43. The lowest BCUT2D eigenvalue weighted by Gasteiger charge is -2.25. The highest BCUT2D eigenvalue weighted by Gasteiger charge is 2.23. The van der Waals surface area contributed by atoms with E-state index in [1.165, 1.54) is 6.92 Å². The molecule has 0 bridgehead atoms. The molecular weight excluding hydrogens is 254 g/mol. The van der Waals surface area contributed by atoms with Crippen LogP contribution in [0, 0.1) is 6.92 Å². The fraction of sp³-hybridized carbons (Fsp3) is 0.467. The molecule has 0 aliphatic carbocycles. The Bertz CT molecular complexity index is 472. The monoisotopic (exact) mass is 277 g/mol. The Morgan fingerprint density at radius 3 is 2.30 bits per heavy atom. The van der Waals surface area contributed by atoms with E-state index in [2.05, 4.69) is 10.6 Å². The molecule has 110 valence electrons. The molecule has 2 amide bonds. The van der Waals surface area contributed by atoms with Crippen LogP contribution >= 0.6 is 0 Å². The van der Waals surface area contributed by atoms with Crippen LogP contribution < -0.4 is 10.6 Å². The van der Waals surface area contributed by atoms with Gasteiger partial charge >= 0.3 is 0 Å². The third kappa shape index (κ3) is 4.66. The summed E-state index contributed by atoms with van der Waals surface area (Å²) in [6.45, 7) is 4.32. The van der Waals surface area contributed by atoms with Crippen LogP contribution in [-0.4, -0.2) is 43.9 Å². The molecule has 0 saturated heterocycles. The molecule has 0 aliphatic heterocycles. The number of carbonyl (C=O) groups is 2. The number of aryl methyl sites for hydroxylation is 1. The molecule has 0 saturated carbocycles. The maximum absolute atomic E-state index is 12.3. The fourth-order valence-electron chi connectivity index (χ4n) is 2.07. The molecular formula is C15H23N3O2. The lowest BCUT2D eigenvalue weighted by Crippen LogP contribution is -2.40. The van der Waals surface area contributed by atoms with Gasteiger partial charge in [-0.2, -0.15) is 0 Å². The van der Waals surface area contributed by atoms with Gasteiger partial charge < -0.3 is 10.6 Å². The first-order valence-corrected chi connectivity index (χ1v) is 6.67. The number of hydrogen-bond acceptors (Lipinski definition) is 3. The topological polar surface area (TPSA) is 61.4 Å². The maximum atomic E-state index is 12.3. The molecule has 1 atom stereocenters. The minimum Gasteiger partial charge on any atom is -0.355 e. The summed E-state index contributed by atoms with van der Waals surface area (Å²) < 4.78 is 0. The van der Waals surface area contributed by atoms with Gasteiger partial charge in [-0.1, -0.05) is 24.3 Å². The summed E-state index contributed by atoms with van der Waals surface area (Å²) in [6, 6.07) is 7.53. The van der Waals surface area contributed by atoms with Crippen molar-refractivity contribution in [1.82, 2.24) is 15.5 Å². The maximum Gasteiger partial charge on any atom is 0.242 e. The van der Waals surface area contributed by atoms with E-state index in [1.807, 2.05) is 50.2 Å². The van der Waals surface area contributed by atoms with E-state index >= 15 is 0 Å². The highest BCUT2D eigenvalue weighted by molar-refractivity contribution is 5.83. The molecule has 20 heavy (non-hydrogen) atoms. The lowest BCUT2D eigenvalue weighted by molar-refractivity contribution is -0.126. The molecule has 1 rings (SSSR count). The van der Waals surface area contributed by atoms with Crippen molar-refractivity contribution in [2.24, 2.45) is 0 Å². The second-order valence-corrected chi connectivity index (χ2v) is 5.00. The van der Waals surface area contributed by atoms with Crippen LogP contribution in [0.4, 0.5) is 0 Å². The average molecular weight is 277 g/mol. The number of nitrogens with zero attached hydrogens (tertiary/aromatic N) is 1. The Morgan fingerprint density at radius 1 is 1.15 bits per heavy atom. The van der Waals surface area contributed by atoms with E-state index < -0.39 is 0 Å². The van der Waals surface area contributed by atoms with Crippen LogP contribution in [0.1, 0.15) is 24.1 Å². The van der Waals surface area contributed by atoms with Crippen LogP contribution in [-0.2, 0) is 9.59 Å². The number of carbonyl (C=O) groups excluding carboxylic acids is 2. The van der Waals surface area contributed by atoms with Gasteiger partial charge in [-0.15, -0.1) is 0 Å². The van der Waals surface area contributed by atoms with E-state index in [0.29, 0.717) is 13.1 Å². The predicted octanol–water partition coefficient (Wildman–Crippen LogP) is 0.850. The number of benzene rings is 1. The summed E-state index contributed by atoms with van der Waals surface area (Å²) >= 11 is 0. The van der Waals surface area contributed by atoms with Gasteiger partial charge in [0.05, 0.1) is 0 Å². The average Bonchev–Trinajstić information content (AvgIpc) is 2.36. The van der Waals surface area contributed by atoms with E-state index in [-0.39, 0.29) is 17.9 Å². The van der Waals surface area contributed by atoms with Crippen LogP contribution in [0.3, 0.4) is 0 Å². The van der Waals surface area contributed by atoms with Gasteiger partial charge in [0.1, 0.15) is 6.04 Å². The minimum atomic E-state index is -0.325. The Kier molecular flexibility index (Phi) is 6.18. The Balaban J connectivity index is 2.70. The third-order valence-corrected chi connectivity index (χ3v) is 3.05. The quantitative estimate of drug-likeness (QED) is 0.758. The molecule has 0 fully saturated rings. The summed E-state index contributed by atoms with van der Waals surface area (Å²) in [5, 5.41) is 5.50. The summed E-state index contributed by atoms with van der Waals surface area (Å²) in [5.41, 5.74) is 2.08. The van der Waals surface area contributed by atoms with Crippen molar-refractivity contribution in [3.8, 4) is 0 Å². The standard InChI is InChI=1S/C15H23N3O2/c1-11-7-5-6-8-13(11)14(18(3)4)15(20)17-10-9-16-12(2)19/h5-8,14H,9-10H2,1-4H3,(H,16,19)(H,17,20). The summed E-state index contributed by atoms with van der Waals surface area (Å²) in [7, 11) is 3.76. The van der Waals surface area contributed by atoms with Crippen molar-refractivity contribution < 1.29 is 9.59 Å². The zero-order valence-corrected chi connectivity index (χ0v) is 12.6. The smallest absolute Gasteiger partial charge is 0.242 e. The normalized spacial score (nSPS) is 12.1. The zero-order valence-electron chi connectivity index (χ0n) is 12.6. The summed E-state index contributed by atoms with van der Waals surface area (Å²) in [5.74, 6) is -0.156. The molecule has 1 aromatic rings. The number of hydrogen-bond donors (Lipinski definition) is 2. The Hall–Kier alpha value is -1.88. The fourth-order valence-corrected chi connectivity index (χ4v) is 2.07. The molecule has 0 aliphatic rings. The van der Waals surface area contributed by atoms with Gasteiger partial charge in [0, 0.05) is 20.0 Å². The molecule has 1 aromatic carbocycles. The van der Waals surface area contributed by atoms with Crippen LogP contribution in [0.5, 0.6) is 0 Å². The van der Waals surface area contributed by atoms with Crippen molar-refractivity contribution in [2.45, 2.75) is 19.9 Å². The van der Waals surface area contributed by atoms with E-state index in [0.717, 1.165) is 11.1 Å². The number of nitrogens with one attached hydrogen (secondary N) is 2. The molecule has 5 nitrogen and oxygen atoms in total. The van der Waals surface area contributed by atoms with Crippen molar-refractivity contribution in [3.63, 3.8) is 0 Å². The molecule has 5 heteroatoms. The van der Waals surface area contributed by atoms with Crippen molar-refractivity contribution >= 4 is 11.8 Å². The van der Waals surface area contributed by atoms with Gasteiger partial charge in [-0.05, 0) is 32.1 Å².